The summed E-state index contributed by atoms with van der Waals surface area (Å²) >= 11 is 0. The molecule has 2 aromatic carbocycles. The molecule has 0 unspecified atom stereocenters. The molecule has 0 aliphatic carbocycles. The Morgan fingerprint density at radius 2 is 1.95 bits per heavy atom. The number of phenols is 3. The summed E-state index contributed by atoms with van der Waals surface area (Å²) in [6, 6.07) is 8.21. The number of phenolic OH excluding ortho intramolecular Hbond substituents is 3. The Kier molecular flexibility index (Phi) is 3.25. The Labute approximate surface area is 122 Å². The number of methoxy groups -OCH3 is 1. The van der Waals surface area contributed by atoms with E-state index in [0.717, 1.165) is 11.1 Å². The summed E-state index contributed by atoms with van der Waals surface area (Å²) in [6.45, 7) is 0.414. The minimum Gasteiger partial charge on any atom is -0.508 e. The lowest BCUT2D eigenvalue weighted by Crippen LogP contribution is -2.19. The van der Waals surface area contributed by atoms with Gasteiger partial charge in [0.05, 0.1) is 13.7 Å². The fraction of sp³-hybridized carbons (Fsp3) is 0.250. The van der Waals surface area contributed by atoms with Gasteiger partial charge >= 0.3 is 0 Å². The summed E-state index contributed by atoms with van der Waals surface area (Å²) in [6.07, 6.45) is 0.705. The summed E-state index contributed by atoms with van der Waals surface area (Å²) in [5.74, 6) is 0.652. The van der Waals surface area contributed by atoms with Crippen molar-refractivity contribution in [1.82, 2.24) is 0 Å². The monoisotopic (exact) mass is 288 g/mol. The van der Waals surface area contributed by atoms with Crippen molar-refractivity contribution < 1.29 is 24.8 Å². The maximum Gasteiger partial charge on any atom is 0.200 e. The highest BCUT2D eigenvalue weighted by molar-refractivity contribution is 5.56. The van der Waals surface area contributed by atoms with E-state index in [1.807, 2.05) is 6.07 Å². The van der Waals surface area contributed by atoms with Crippen LogP contribution in [0.4, 0.5) is 0 Å². The second-order valence-corrected chi connectivity index (χ2v) is 5.06. The van der Waals surface area contributed by atoms with Crippen LogP contribution in [0.1, 0.15) is 17.0 Å². The molecule has 3 rings (SSSR count). The summed E-state index contributed by atoms with van der Waals surface area (Å²) < 4.78 is 10.9. The van der Waals surface area contributed by atoms with E-state index in [2.05, 4.69) is 0 Å². The first kappa shape index (κ1) is 13.4. The van der Waals surface area contributed by atoms with Crippen LogP contribution in [0.5, 0.6) is 28.7 Å². The first-order valence-corrected chi connectivity index (χ1v) is 6.63. The Morgan fingerprint density at radius 1 is 1.14 bits per heavy atom. The zero-order chi connectivity index (χ0) is 15.0. The molecule has 0 fully saturated rings. The number of fused-ring (bicyclic) bond motifs is 1. The van der Waals surface area contributed by atoms with Crippen molar-refractivity contribution >= 4 is 0 Å². The Hall–Kier alpha value is -2.56. The number of hydrogen-bond donors (Lipinski definition) is 3. The van der Waals surface area contributed by atoms with Gasteiger partial charge < -0.3 is 24.8 Å². The maximum atomic E-state index is 9.89. The third kappa shape index (κ3) is 2.31. The molecule has 0 amide bonds. The van der Waals surface area contributed by atoms with Crippen LogP contribution in [0.25, 0.3) is 0 Å². The number of benzene rings is 2. The van der Waals surface area contributed by atoms with Crippen molar-refractivity contribution in [3.05, 3.63) is 41.5 Å². The predicted octanol–water partition coefficient (Wildman–Crippen LogP) is 2.53. The number of aromatic hydroxyl groups is 3. The molecule has 1 heterocycles. The molecule has 1 aliphatic rings. The summed E-state index contributed by atoms with van der Waals surface area (Å²) in [4.78, 5) is 0. The summed E-state index contributed by atoms with van der Waals surface area (Å²) in [5.41, 5.74) is 1.77. The van der Waals surface area contributed by atoms with Gasteiger partial charge in [0.1, 0.15) is 11.5 Å². The van der Waals surface area contributed by atoms with E-state index in [9.17, 15) is 15.3 Å². The van der Waals surface area contributed by atoms with Crippen LogP contribution >= 0.6 is 0 Å². The number of rotatable bonds is 2. The molecule has 0 spiro atoms. The van der Waals surface area contributed by atoms with Gasteiger partial charge in [-0.25, -0.2) is 0 Å². The molecule has 0 saturated heterocycles. The highest BCUT2D eigenvalue weighted by Gasteiger charge is 2.26. The minimum absolute atomic E-state index is 0.00323. The van der Waals surface area contributed by atoms with Gasteiger partial charge in [-0.05, 0) is 24.1 Å². The molecule has 110 valence electrons. The lowest BCUT2D eigenvalue weighted by molar-refractivity contribution is 0.256. The fourth-order valence-corrected chi connectivity index (χ4v) is 2.67. The smallest absolute Gasteiger partial charge is 0.200 e. The first-order chi connectivity index (χ1) is 10.1. The topological polar surface area (TPSA) is 79.2 Å². The SMILES string of the molecule is COc1c([C@@H]2COc3cc(O)ccc3C2)ccc(O)c1O. The van der Waals surface area contributed by atoms with Crippen LogP contribution in [-0.4, -0.2) is 29.0 Å². The molecule has 21 heavy (non-hydrogen) atoms. The first-order valence-electron chi connectivity index (χ1n) is 6.63. The van der Waals surface area contributed by atoms with E-state index in [-0.39, 0.29) is 28.9 Å². The van der Waals surface area contributed by atoms with E-state index in [4.69, 9.17) is 9.47 Å². The van der Waals surface area contributed by atoms with E-state index >= 15 is 0 Å². The van der Waals surface area contributed by atoms with Crippen molar-refractivity contribution in [3.8, 4) is 28.7 Å². The zero-order valence-electron chi connectivity index (χ0n) is 11.5. The second kappa shape index (κ2) is 5.09. The lowest BCUT2D eigenvalue weighted by atomic mass is 9.89. The number of hydrogen-bond acceptors (Lipinski definition) is 5. The van der Waals surface area contributed by atoms with Gasteiger partial charge in [-0.15, -0.1) is 0 Å². The zero-order valence-corrected chi connectivity index (χ0v) is 11.5. The van der Waals surface area contributed by atoms with Gasteiger partial charge in [0.25, 0.3) is 0 Å². The highest BCUT2D eigenvalue weighted by Crippen LogP contribution is 2.44. The standard InChI is InChI=1S/C16H16O5/c1-20-16-12(4-5-13(18)15(16)19)10-6-9-2-3-11(17)7-14(9)21-8-10/h2-5,7,10,17-19H,6,8H2,1H3/t10-/m0/s1. The quantitative estimate of drug-likeness (QED) is 0.740. The van der Waals surface area contributed by atoms with Crippen LogP contribution in [-0.2, 0) is 6.42 Å². The van der Waals surface area contributed by atoms with Gasteiger partial charge in [-0.1, -0.05) is 12.1 Å². The molecule has 0 aromatic heterocycles. The summed E-state index contributed by atoms with van der Waals surface area (Å²) in [5, 5.41) is 28.9. The van der Waals surface area contributed by atoms with Crippen LogP contribution < -0.4 is 9.47 Å². The van der Waals surface area contributed by atoms with Crippen molar-refractivity contribution in [2.24, 2.45) is 0 Å². The minimum atomic E-state index is -0.258. The van der Waals surface area contributed by atoms with Gasteiger partial charge in [0.15, 0.2) is 11.5 Å². The van der Waals surface area contributed by atoms with E-state index in [0.29, 0.717) is 18.8 Å². The van der Waals surface area contributed by atoms with Gasteiger partial charge in [-0.3, -0.25) is 0 Å². The molecule has 2 aromatic rings. The maximum absolute atomic E-state index is 9.89. The van der Waals surface area contributed by atoms with Crippen molar-refractivity contribution in [3.63, 3.8) is 0 Å². The van der Waals surface area contributed by atoms with Crippen molar-refractivity contribution in [2.75, 3.05) is 13.7 Å². The fourth-order valence-electron chi connectivity index (χ4n) is 2.67. The van der Waals surface area contributed by atoms with Gasteiger partial charge in [-0.2, -0.15) is 0 Å². The highest BCUT2D eigenvalue weighted by atomic mass is 16.5. The molecule has 1 atom stereocenters. The summed E-state index contributed by atoms with van der Waals surface area (Å²) in [7, 11) is 1.45. The largest absolute Gasteiger partial charge is 0.508 e. The van der Waals surface area contributed by atoms with Crippen LogP contribution in [0.3, 0.4) is 0 Å². The molecule has 1 aliphatic heterocycles. The number of ether oxygens (including phenoxy) is 2. The molecule has 0 radical (unpaired) electrons. The van der Waals surface area contributed by atoms with E-state index in [1.54, 1.807) is 18.2 Å². The van der Waals surface area contributed by atoms with Gasteiger partial charge in [0, 0.05) is 17.5 Å². The lowest BCUT2D eigenvalue weighted by Gasteiger charge is -2.27. The predicted molar refractivity (Wildman–Crippen MR) is 76.4 cm³/mol. The van der Waals surface area contributed by atoms with Crippen molar-refractivity contribution in [2.45, 2.75) is 12.3 Å². The molecule has 3 N–H and O–H groups in total. The molecule has 0 saturated carbocycles. The Bertz CT molecular complexity index is 681. The Morgan fingerprint density at radius 3 is 2.71 bits per heavy atom. The van der Waals surface area contributed by atoms with E-state index in [1.165, 1.54) is 13.2 Å². The van der Waals surface area contributed by atoms with Crippen molar-refractivity contribution in [1.29, 1.82) is 0 Å². The molecule has 5 nitrogen and oxygen atoms in total. The molecular formula is C16H16O5. The van der Waals surface area contributed by atoms with Crippen LogP contribution in [0.2, 0.25) is 0 Å². The third-order valence-corrected chi connectivity index (χ3v) is 3.74. The van der Waals surface area contributed by atoms with Crippen LogP contribution in [0.15, 0.2) is 30.3 Å². The molecule has 5 heteroatoms. The molecule has 0 bridgehead atoms. The van der Waals surface area contributed by atoms with Gasteiger partial charge in [0.2, 0.25) is 5.75 Å². The second-order valence-electron chi connectivity index (χ2n) is 5.06. The third-order valence-electron chi connectivity index (χ3n) is 3.74. The Balaban J connectivity index is 1.96. The average molecular weight is 288 g/mol. The average Bonchev–Trinajstić information content (AvgIpc) is 2.49. The molecular weight excluding hydrogens is 272 g/mol. The normalized spacial score (nSPS) is 16.9. The van der Waals surface area contributed by atoms with Crippen LogP contribution in [0, 0.1) is 0 Å². The van der Waals surface area contributed by atoms with E-state index < -0.39 is 0 Å².